The van der Waals surface area contributed by atoms with E-state index < -0.39 is 0 Å². The Morgan fingerprint density at radius 2 is 1.03 bits per heavy atom. The zero-order valence-corrected chi connectivity index (χ0v) is 34.5. The summed E-state index contributed by atoms with van der Waals surface area (Å²) in [5.41, 5.74) is 16.5. The summed E-state index contributed by atoms with van der Waals surface area (Å²) in [5.74, 6) is 0.949. The van der Waals surface area contributed by atoms with Crippen LogP contribution in [0.4, 0.5) is 0 Å². The third kappa shape index (κ3) is 6.59. The fourth-order valence-corrected chi connectivity index (χ4v) is 9.20. The zero-order chi connectivity index (χ0) is 41.0. The zero-order valence-electron chi connectivity index (χ0n) is 34.5. The Bertz CT molecular complexity index is 3030. The van der Waals surface area contributed by atoms with E-state index in [0.717, 1.165) is 90.9 Å². The van der Waals surface area contributed by atoms with E-state index in [0.29, 0.717) is 5.82 Å². The van der Waals surface area contributed by atoms with Crippen LogP contribution in [0, 0.1) is 0 Å². The molecule has 60 heavy (non-hydrogen) atoms. The number of aromatic nitrogens is 3. The lowest BCUT2D eigenvalue weighted by Gasteiger charge is -2.42. The molecule has 2 aromatic heterocycles. The van der Waals surface area contributed by atoms with Crippen LogP contribution in [-0.4, -0.2) is 19.6 Å². The lowest BCUT2D eigenvalue weighted by molar-refractivity contribution is 0.330. The van der Waals surface area contributed by atoms with E-state index in [1.807, 2.05) is 18.3 Å². The molecule has 0 saturated carbocycles. The molecule has 0 unspecified atom stereocenters. The summed E-state index contributed by atoms with van der Waals surface area (Å²) in [4.78, 5) is 10.5. The third-order valence-corrected chi connectivity index (χ3v) is 12.6. The van der Waals surface area contributed by atoms with E-state index >= 15 is 0 Å². The second kappa shape index (κ2) is 14.7. The van der Waals surface area contributed by atoms with Gasteiger partial charge in [0.25, 0.3) is 0 Å². The molecule has 0 atom stereocenters. The van der Waals surface area contributed by atoms with Crippen molar-refractivity contribution in [2.45, 2.75) is 51.4 Å². The molecule has 4 nitrogen and oxygen atoms in total. The second-order valence-electron chi connectivity index (χ2n) is 17.5. The molecule has 4 heteroatoms. The predicted molar refractivity (Wildman–Crippen MR) is 248 cm³/mol. The first-order valence-corrected chi connectivity index (χ1v) is 20.9. The smallest absolute Gasteiger partial charge is 0.149 e. The second-order valence-corrected chi connectivity index (χ2v) is 17.5. The van der Waals surface area contributed by atoms with Crippen LogP contribution in [0.3, 0.4) is 0 Å². The molecular formula is C56H47N3O. The molecule has 2 heterocycles. The summed E-state index contributed by atoms with van der Waals surface area (Å²) < 4.78 is 2.26. The van der Waals surface area contributed by atoms with Gasteiger partial charge >= 0.3 is 0 Å². The van der Waals surface area contributed by atoms with Gasteiger partial charge in [0.1, 0.15) is 11.6 Å². The van der Waals surface area contributed by atoms with Gasteiger partial charge in [-0.2, -0.15) is 0 Å². The van der Waals surface area contributed by atoms with E-state index in [4.69, 9.17) is 9.97 Å². The normalized spacial score (nSPS) is 14.2. The van der Waals surface area contributed by atoms with Gasteiger partial charge in [0.05, 0.1) is 28.0 Å². The maximum atomic E-state index is 12.2. The minimum Gasteiger partial charge on any atom is -0.507 e. The van der Waals surface area contributed by atoms with Gasteiger partial charge < -0.3 is 5.11 Å². The molecule has 0 aliphatic heterocycles. The molecule has 7 aromatic carbocycles. The van der Waals surface area contributed by atoms with Crippen molar-refractivity contribution in [3.63, 3.8) is 0 Å². The number of hydrogen-bond acceptors (Lipinski definition) is 3. The van der Waals surface area contributed by atoms with E-state index in [9.17, 15) is 5.11 Å². The van der Waals surface area contributed by atoms with E-state index in [1.54, 1.807) is 0 Å². The Balaban J connectivity index is 1.24. The van der Waals surface area contributed by atoms with Crippen LogP contribution in [0.1, 0.15) is 51.7 Å². The van der Waals surface area contributed by atoms with Crippen LogP contribution in [-0.2, 0) is 10.8 Å². The summed E-state index contributed by atoms with van der Waals surface area (Å²) in [6.07, 6.45) is 4.03. The van der Waals surface area contributed by atoms with Gasteiger partial charge in [-0.3, -0.25) is 9.55 Å². The number of pyridine rings is 1. The van der Waals surface area contributed by atoms with Crippen molar-refractivity contribution < 1.29 is 5.11 Å². The third-order valence-electron chi connectivity index (χ3n) is 12.6. The molecule has 1 N–H and O–H groups in total. The highest BCUT2D eigenvalue weighted by Crippen LogP contribution is 2.50. The lowest BCUT2D eigenvalue weighted by Crippen LogP contribution is -2.33. The number of phenolic OH excluding ortho intramolecular Hbond substituents is 1. The molecule has 0 bridgehead atoms. The van der Waals surface area contributed by atoms with Crippen LogP contribution in [0.2, 0.25) is 0 Å². The van der Waals surface area contributed by atoms with Crippen LogP contribution in [0.5, 0.6) is 5.75 Å². The molecule has 1 aliphatic rings. The first-order valence-electron chi connectivity index (χ1n) is 20.9. The number of nitrogens with zero attached hydrogens (tertiary/aromatic N) is 3. The monoisotopic (exact) mass is 777 g/mol. The van der Waals surface area contributed by atoms with Gasteiger partial charge in [0.2, 0.25) is 0 Å². The number of imidazole rings is 1. The summed E-state index contributed by atoms with van der Waals surface area (Å²) in [6.45, 7) is 9.25. The Labute approximate surface area is 352 Å². The predicted octanol–water partition coefficient (Wildman–Crippen LogP) is 14.5. The largest absolute Gasteiger partial charge is 0.507 e. The van der Waals surface area contributed by atoms with Crippen molar-refractivity contribution in [3.8, 4) is 78.6 Å². The summed E-state index contributed by atoms with van der Waals surface area (Å²) in [5, 5.41) is 12.2. The maximum Gasteiger partial charge on any atom is 0.149 e. The van der Waals surface area contributed by atoms with Crippen molar-refractivity contribution in [3.05, 3.63) is 193 Å². The molecule has 292 valence electrons. The Kier molecular flexibility index (Phi) is 9.10. The number of phenols is 1. The Morgan fingerprint density at radius 3 is 1.73 bits per heavy atom. The summed E-state index contributed by atoms with van der Waals surface area (Å²) >= 11 is 0. The SMILES string of the molecule is CC1(C)CCC(C)(C)c2cc(-c3nc4c(-c5cc(-c6ccccc6)cc(-c6cc(-c7ccccc7)ccn6)c5)cccc4n3-c3ccccc3-c3ccccc3)c(O)cc21. The fraction of sp³-hybridized carbons (Fsp3) is 0.143. The van der Waals surface area contributed by atoms with Crippen molar-refractivity contribution in [2.75, 3.05) is 0 Å². The first-order chi connectivity index (χ1) is 29.1. The van der Waals surface area contributed by atoms with E-state index in [-0.39, 0.29) is 16.6 Å². The number of rotatable bonds is 7. The van der Waals surface area contributed by atoms with Crippen LogP contribution in [0.25, 0.3) is 83.9 Å². The molecule has 10 rings (SSSR count). The van der Waals surface area contributed by atoms with Crippen LogP contribution >= 0.6 is 0 Å². The molecule has 0 spiro atoms. The summed E-state index contributed by atoms with van der Waals surface area (Å²) in [7, 11) is 0. The molecule has 0 saturated heterocycles. The molecule has 0 amide bonds. The van der Waals surface area contributed by atoms with Gasteiger partial charge in [0.15, 0.2) is 0 Å². The highest BCUT2D eigenvalue weighted by Gasteiger charge is 2.38. The highest BCUT2D eigenvalue weighted by molar-refractivity contribution is 5.98. The Morgan fingerprint density at radius 1 is 0.467 bits per heavy atom. The molecule has 1 aliphatic carbocycles. The average molecular weight is 778 g/mol. The van der Waals surface area contributed by atoms with Crippen LogP contribution in [0.15, 0.2) is 182 Å². The number of aromatic hydroxyl groups is 1. The van der Waals surface area contributed by atoms with Crippen molar-refractivity contribution >= 4 is 11.0 Å². The van der Waals surface area contributed by atoms with Gasteiger partial charge in [-0.25, -0.2) is 4.98 Å². The minimum absolute atomic E-state index is 0.0506. The van der Waals surface area contributed by atoms with Crippen LogP contribution < -0.4 is 0 Å². The van der Waals surface area contributed by atoms with Gasteiger partial charge in [-0.1, -0.05) is 149 Å². The van der Waals surface area contributed by atoms with Gasteiger partial charge in [-0.15, -0.1) is 0 Å². The topological polar surface area (TPSA) is 50.9 Å². The van der Waals surface area contributed by atoms with E-state index in [1.165, 1.54) is 11.1 Å². The number of benzene rings is 7. The number of hydrogen-bond donors (Lipinski definition) is 1. The number of para-hydroxylation sites is 2. The van der Waals surface area contributed by atoms with Crippen molar-refractivity contribution in [1.29, 1.82) is 0 Å². The van der Waals surface area contributed by atoms with Crippen molar-refractivity contribution in [1.82, 2.24) is 14.5 Å². The highest BCUT2D eigenvalue weighted by atomic mass is 16.3. The molecule has 0 radical (unpaired) electrons. The fourth-order valence-electron chi connectivity index (χ4n) is 9.20. The molecular weight excluding hydrogens is 731 g/mol. The first kappa shape index (κ1) is 37.2. The van der Waals surface area contributed by atoms with Gasteiger partial charge in [-0.05, 0) is 123 Å². The average Bonchev–Trinajstić information content (AvgIpc) is 3.68. The quantitative estimate of drug-likeness (QED) is 0.175. The standard InChI is InChI=1S/C56H47N3O/c1-55(2)28-29-56(3,4)48-36-52(60)46(35-47(48)55)54-58-53-45(24-16-26-51(53)59(54)50-25-15-14-23-44(50)39-21-12-7-13-22-39)42-31-41(38-19-10-6-11-20-38)32-43(33-42)49-34-40(27-30-57-49)37-17-8-5-9-18-37/h5-27,30-36,60H,28-29H2,1-4H3. The lowest BCUT2D eigenvalue weighted by atomic mass is 9.63. The van der Waals surface area contributed by atoms with Gasteiger partial charge in [0, 0.05) is 22.9 Å². The Hall–Kier alpha value is -7.04. The molecule has 0 fully saturated rings. The number of fused-ring (bicyclic) bond motifs is 2. The van der Waals surface area contributed by atoms with Crippen molar-refractivity contribution in [2.24, 2.45) is 0 Å². The maximum absolute atomic E-state index is 12.2. The minimum atomic E-state index is -0.0582. The molecule has 9 aromatic rings. The van der Waals surface area contributed by atoms with E-state index in [2.05, 4.69) is 196 Å². The summed E-state index contributed by atoms with van der Waals surface area (Å²) in [6, 6.07) is 61.8.